The van der Waals surface area contributed by atoms with E-state index in [2.05, 4.69) is 10.6 Å². The number of nitrogens with one attached hydrogen (secondary N) is 2. The highest BCUT2D eigenvalue weighted by Crippen LogP contribution is 2.42. The van der Waals surface area contributed by atoms with Gasteiger partial charge in [-0.1, -0.05) is 140 Å². The minimum atomic E-state index is -1.08. The first-order valence-electron chi connectivity index (χ1n) is 19.3. The van der Waals surface area contributed by atoms with E-state index < -0.39 is 59.3 Å². The van der Waals surface area contributed by atoms with E-state index in [1.807, 2.05) is 121 Å². The fourth-order valence-corrected chi connectivity index (χ4v) is 8.37. The molecule has 7 rings (SSSR count). The lowest BCUT2D eigenvalue weighted by Gasteiger charge is -2.49. The topological polar surface area (TPSA) is 140 Å². The van der Waals surface area contributed by atoms with Gasteiger partial charge >= 0.3 is 11.9 Å². The molecule has 59 heavy (non-hydrogen) atoms. The van der Waals surface area contributed by atoms with Crippen molar-refractivity contribution in [2.45, 2.75) is 48.9 Å². The zero-order valence-electron chi connectivity index (χ0n) is 32.3. The number of ether oxygens (including phenoxy) is 3. The number of hydrogen-bond acceptors (Lipinski definition) is 9. The van der Waals surface area contributed by atoms with Crippen LogP contribution in [0.2, 0.25) is 0 Å². The van der Waals surface area contributed by atoms with E-state index in [4.69, 9.17) is 14.2 Å². The van der Waals surface area contributed by atoms with E-state index in [1.165, 1.54) is 23.8 Å². The van der Waals surface area contributed by atoms with Crippen LogP contribution >= 0.6 is 11.8 Å². The summed E-state index contributed by atoms with van der Waals surface area (Å²) in [5.41, 5.74) is 3.41. The van der Waals surface area contributed by atoms with Gasteiger partial charge in [-0.3, -0.25) is 19.3 Å². The summed E-state index contributed by atoms with van der Waals surface area (Å²) in [6.45, 7) is 0. The first-order valence-corrected chi connectivity index (χ1v) is 20.4. The lowest BCUT2D eigenvalue weighted by molar-refractivity contribution is -0.155. The van der Waals surface area contributed by atoms with Crippen LogP contribution in [0, 0.1) is 0 Å². The van der Waals surface area contributed by atoms with Gasteiger partial charge in [-0.25, -0.2) is 9.59 Å². The number of esters is 2. The van der Waals surface area contributed by atoms with Gasteiger partial charge in [-0.15, -0.1) is 11.8 Å². The molecule has 300 valence electrons. The van der Waals surface area contributed by atoms with Gasteiger partial charge in [0, 0.05) is 12.0 Å². The molecule has 12 heteroatoms. The van der Waals surface area contributed by atoms with E-state index >= 15 is 0 Å². The summed E-state index contributed by atoms with van der Waals surface area (Å²) in [5, 5.41) is 5.07. The monoisotopic (exact) mass is 809 g/mol. The van der Waals surface area contributed by atoms with Crippen LogP contribution in [0.3, 0.4) is 0 Å². The van der Waals surface area contributed by atoms with Crippen LogP contribution < -0.4 is 10.6 Å². The third-order valence-electron chi connectivity index (χ3n) is 10.1. The molecule has 2 heterocycles. The van der Waals surface area contributed by atoms with Crippen LogP contribution in [0.4, 0.5) is 0 Å². The van der Waals surface area contributed by atoms with Gasteiger partial charge in [0.2, 0.25) is 5.91 Å². The van der Waals surface area contributed by atoms with Crippen molar-refractivity contribution in [1.82, 2.24) is 15.5 Å². The molecule has 5 aromatic carbocycles. The average molecular weight is 810 g/mol. The molecule has 0 saturated carbocycles. The lowest BCUT2D eigenvalue weighted by atomic mass is 10.0. The number of β-lactam (4-membered cyclic amide) rings is 1. The molecule has 0 aromatic heterocycles. The second kappa shape index (κ2) is 19.2. The normalized spacial score (nSPS) is 16.4. The Morgan fingerprint density at radius 2 is 1.17 bits per heavy atom. The van der Waals surface area contributed by atoms with E-state index in [1.54, 1.807) is 30.3 Å². The molecule has 2 unspecified atom stereocenters. The van der Waals surface area contributed by atoms with Crippen LogP contribution in [0.15, 0.2) is 163 Å². The Kier molecular flexibility index (Phi) is 13.2. The molecule has 1 saturated heterocycles. The van der Waals surface area contributed by atoms with E-state index in [0.717, 1.165) is 22.3 Å². The smallest absolute Gasteiger partial charge is 0.359 e. The SMILES string of the molecule is COC1=C(C(=O)OC(c2ccccc2)c2ccccc2)N2C(=O)C(NC(=O)CCCC(NC(=O)c3ccccc3)C(=O)OC(c3ccccc3)c3ccccc3)[C@H]2SC1. The Morgan fingerprint density at radius 3 is 1.66 bits per heavy atom. The van der Waals surface area contributed by atoms with Gasteiger partial charge in [-0.2, -0.15) is 0 Å². The Balaban J connectivity index is 1.01. The third-order valence-corrected chi connectivity index (χ3v) is 11.3. The number of methoxy groups -OCH3 is 1. The summed E-state index contributed by atoms with van der Waals surface area (Å²) in [6, 6.07) is 43.8. The summed E-state index contributed by atoms with van der Waals surface area (Å²) in [5.74, 6) is -2.16. The minimum Gasteiger partial charge on any atom is -0.498 e. The standard InChI is InChI=1S/C47H43N3O8S/c1-56-37-30-59-45-39(44(53)50(45)40(37)47(55)58-42(33-22-11-4-12-23-33)34-24-13-5-14-25-34)49-38(51)29-17-28-36(48-43(52)35-26-15-6-16-27-35)46(54)57-41(31-18-7-2-8-19-31)32-20-9-3-10-21-32/h2-16,18-27,36,39,41-42,45H,17,28-30H2,1H3,(H,48,52)(H,49,51)/t36?,39?,45-/m1/s1. The fraction of sp³-hybridized carbons (Fsp3) is 0.213. The molecular weight excluding hydrogens is 767 g/mol. The Labute approximate surface area is 346 Å². The summed E-state index contributed by atoms with van der Waals surface area (Å²) in [6.07, 6.45) is -1.24. The molecule has 0 bridgehead atoms. The maximum Gasteiger partial charge on any atom is 0.359 e. The number of amides is 3. The quantitative estimate of drug-likeness (QED) is 0.0807. The van der Waals surface area contributed by atoms with Gasteiger partial charge < -0.3 is 24.8 Å². The molecule has 3 atom stereocenters. The number of hydrogen-bond donors (Lipinski definition) is 2. The highest BCUT2D eigenvalue weighted by Gasteiger charge is 2.55. The van der Waals surface area contributed by atoms with Crippen molar-refractivity contribution in [2.75, 3.05) is 12.9 Å². The maximum atomic E-state index is 13.9. The van der Waals surface area contributed by atoms with Crippen molar-refractivity contribution in [1.29, 1.82) is 0 Å². The first kappa shape index (κ1) is 40.5. The zero-order valence-corrected chi connectivity index (χ0v) is 33.1. The Bertz CT molecular complexity index is 2200. The lowest BCUT2D eigenvalue weighted by Crippen LogP contribution is -2.70. The van der Waals surface area contributed by atoms with Crippen LogP contribution in [0.5, 0.6) is 0 Å². The Morgan fingerprint density at radius 1 is 0.695 bits per heavy atom. The molecule has 0 spiro atoms. The number of benzene rings is 5. The molecule has 1 fully saturated rings. The van der Waals surface area contributed by atoms with E-state index in [-0.39, 0.29) is 30.7 Å². The van der Waals surface area contributed by atoms with E-state index in [0.29, 0.717) is 11.3 Å². The average Bonchev–Trinajstić information content (AvgIpc) is 3.29. The van der Waals surface area contributed by atoms with Crippen LogP contribution in [-0.2, 0) is 33.4 Å². The summed E-state index contributed by atoms with van der Waals surface area (Å²) >= 11 is 1.36. The predicted octanol–water partition coefficient (Wildman–Crippen LogP) is 6.88. The van der Waals surface area contributed by atoms with E-state index in [9.17, 15) is 24.0 Å². The molecule has 2 aliphatic heterocycles. The van der Waals surface area contributed by atoms with Crippen molar-refractivity contribution in [3.63, 3.8) is 0 Å². The molecule has 2 aliphatic rings. The third kappa shape index (κ3) is 9.56. The van der Waals surface area contributed by atoms with Gasteiger partial charge in [0.1, 0.15) is 23.2 Å². The maximum absolute atomic E-state index is 13.9. The number of fused-ring (bicyclic) bond motifs is 1. The number of carbonyl (C=O) groups is 5. The number of carbonyl (C=O) groups excluding carboxylic acids is 5. The fourth-order valence-electron chi connectivity index (χ4n) is 7.06. The van der Waals surface area contributed by atoms with Gasteiger partial charge in [0.05, 0.1) is 12.9 Å². The second-order valence-corrected chi connectivity index (χ2v) is 15.1. The van der Waals surface area contributed by atoms with Crippen molar-refractivity contribution >= 4 is 41.4 Å². The van der Waals surface area contributed by atoms with Crippen molar-refractivity contribution in [3.8, 4) is 0 Å². The largest absolute Gasteiger partial charge is 0.498 e. The summed E-state index contributed by atoms with van der Waals surface area (Å²) < 4.78 is 17.8. The van der Waals surface area contributed by atoms with Gasteiger partial charge in [-0.05, 0) is 47.2 Å². The van der Waals surface area contributed by atoms with Gasteiger partial charge in [0.25, 0.3) is 11.8 Å². The zero-order chi connectivity index (χ0) is 41.1. The number of thioether (sulfide) groups is 1. The highest BCUT2D eigenvalue weighted by atomic mass is 32.2. The Hall–Kier alpha value is -6.66. The second-order valence-electron chi connectivity index (χ2n) is 14.0. The van der Waals surface area contributed by atoms with Crippen molar-refractivity contribution < 1.29 is 38.2 Å². The molecule has 0 aliphatic carbocycles. The highest BCUT2D eigenvalue weighted by molar-refractivity contribution is 8.00. The van der Waals surface area contributed by atoms with Crippen molar-refractivity contribution in [2.24, 2.45) is 0 Å². The molecule has 5 aromatic rings. The first-order chi connectivity index (χ1) is 28.8. The van der Waals surface area contributed by atoms with Gasteiger partial charge in [0.15, 0.2) is 17.9 Å². The molecule has 2 N–H and O–H groups in total. The molecule has 3 amide bonds. The van der Waals surface area contributed by atoms with Crippen LogP contribution in [-0.4, -0.2) is 64.9 Å². The van der Waals surface area contributed by atoms with Crippen molar-refractivity contribution in [3.05, 3.63) is 191 Å². The summed E-state index contributed by atoms with van der Waals surface area (Å²) in [4.78, 5) is 69.5. The molecule has 0 radical (unpaired) electrons. The van der Waals surface area contributed by atoms with Crippen LogP contribution in [0.25, 0.3) is 0 Å². The number of rotatable bonds is 16. The summed E-state index contributed by atoms with van der Waals surface area (Å²) in [7, 11) is 1.44. The molecular formula is C47H43N3O8S. The van der Waals surface area contributed by atoms with Crippen LogP contribution in [0.1, 0.15) is 64.1 Å². The predicted molar refractivity (Wildman–Crippen MR) is 222 cm³/mol. The minimum absolute atomic E-state index is 0.00318. The molecule has 11 nitrogen and oxygen atoms in total. The number of nitrogens with zero attached hydrogens (tertiary/aromatic N) is 1.